The predicted molar refractivity (Wildman–Crippen MR) is 77.9 cm³/mol. The second kappa shape index (κ2) is 5.11. The van der Waals surface area contributed by atoms with Crippen LogP contribution < -0.4 is 10.0 Å². The predicted octanol–water partition coefficient (Wildman–Crippen LogP) is 2.75. The van der Waals surface area contributed by atoms with Crippen molar-refractivity contribution in [3.8, 4) is 0 Å². The topological polar surface area (TPSA) is 63.4 Å². The van der Waals surface area contributed by atoms with Gasteiger partial charge in [-0.05, 0) is 24.3 Å². The standard InChI is InChI=1S/C13H13ClN2O2S/c1-16(10-6-3-2-4-7-10)19(17,18)13-11(14)8-5-9-12(13)15/h2-9H,15H2,1H3. The van der Waals surface area contributed by atoms with Gasteiger partial charge in [0.2, 0.25) is 0 Å². The summed E-state index contributed by atoms with van der Waals surface area (Å²) >= 11 is 5.96. The van der Waals surface area contributed by atoms with Crippen molar-refractivity contribution in [3.05, 3.63) is 53.6 Å². The summed E-state index contributed by atoms with van der Waals surface area (Å²) in [7, 11) is -2.31. The number of halogens is 1. The van der Waals surface area contributed by atoms with Crippen LogP contribution in [0.1, 0.15) is 0 Å². The van der Waals surface area contributed by atoms with Crippen molar-refractivity contribution >= 4 is 33.0 Å². The molecule has 0 amide bonds. The number of nitrogens with zero attached hydrogens (tertiary/aromatic N) is 1. The van der Waals surface area contributed by atoms with Gasteiger partial charge in [0, 0.05) is 7.05 Å². The van der Waals surface area contributed by atoms with Crippen LogP contribution in [-0.4, -0.2) is 15.5 Å². The Kier molecular flexibility index (Phi) is 3.68. The average Bonchev–Trinajstić information content (AvgIpc) is 2.38. The highest BCUT2D eigenvalue weighted by Gasteiger charge is 2.26. The maximum atomic E-state index is 12.5. The summed E-state index contributed by atoms with van der Waals surface area (Å²) in [6.07, 6.45) is 0. The zero-order valence-electron chi connectivity index (χ0n) is 10.2. The summed E-state index contributed by atoms with van der Waals surface area (Å²) in [5, 5.41) is 0.114. The van der Waals surface area contributed by atoms with Crippen LogP contribution in [-0.2, 0) is 10.0 Å². The van der Waals surface area contributed by atoms with Crippen molar-refractivity contribution in [2.75, 3.05) is 17.1 Å². The highest BCUT2D eigenvalue weighted by molar-refractivity contribution is 7.93. The number of rotatable bonds is 3. The van der Waals surface area contributed by atoms with E-state index in [9.17, 15) is 8.42 Å². The molecule has 100 valence electrons. The molecule has 0 saturated carbocycles. The van der Waals surface area contributed by atoms with Crippen LogP contribution in [0.5, 0.6) is 0 Å². The Balaban J connectivity index is 2.55. The van der Waals surface area contributed by atoms with E-state index in [1.54, 1.807) is 30.3 Å². The van der Waals surface area contributed by atoms with Crippen LogP contribution in [0.2, 0.25) is 5.02 Å². The van der Waals surface area contributed by atoms with Crippen molar-refractivity contribution in [1.29, 1.82) is 0 Å². The molecular formula is C13H13ClN2O2S. The summed E-state index contributed by atoms with van der Waals surface area (Å²) in [5.41, 5.74) is 6.41. The van der Waals surface area contributed by atoms with E-state index in [4.69, 9.17) is 17.3 Å². The van der Waals surface area contributed by atoms with E-state index in [0.717, 1.165) is 4.31 Å². The number of nitrogens with two attached hydrogens (primary N) is 1. The number of para-hydroxylation sites is 1. The maximum Gasteiger partial charge on any atom is 0.267 e. The largest absolute Gasteiger partial charge is 0.398 e. The molecule has 0 aromatic heterocycles. The van der Waals surface area contributed by atoms with Crippen molar-refractivity contribution in [2.45, 2.75) is 4.90 Å². The molecule has 0 aliphatic carbocycles. The van der Waals surface area contributed by atoms with Crippen LogP contribution in [0.4, 0.5) is 11.4 Å². The number of anilines is 2. The SMILES string of the molecule is CN(c1ccccc1)S(=O)(=O)c1c(N)cccc1Cl. The quantitative estimate of drug-likeness (QED) is 0.886. The van der Waals surface area contributed by atoms with Gasteiger partial charge in [-0.1, -0.05) is 35.9 Å². The number of sulfonamides is 1. The first-order chi connectivity index (χ1) is 8.94. The molecule has 6 heteroatoms. The number of benzene rings is 2. The van der Waals surface area contributed by atoms with Gasteiger partial charge in [0.1, 0.15) is 4.90 Å². The Morgan fingerprint density at radius 1 is 1.05 bits per heavy atom. The van der Waals surface area contributed by atoms with Crippen molar-refractivity contribution in [1.82, 2.24) is 0 Å². The molecular weight excluding hydrogens is 284 g/mol. The van der Waals surface area contributed by atoms with Gasteiger partial charge >= 0.3 is 0 Å². The molecule has 0 atom stereocenters. The summed E-state index contributed by atoms with van der Waals surface area (Å²) in [5.74, 6) is 0. The lowest BCUT2D eigenvalue weighted by atomic mass is 10.3. The zero-order chi connectivity index (χ0) is 14.0. The first-order valence-corrected chi connectivity index (χ1v) is 7.34. The van der Waals surface area contributed by atoms with Crippen molar-refractivity contribution < 1.29 is 8.42 Å². The fourth-order valence-corrected chi connectivity index (χ4v) is 3.54. The number of nitrogen functional groups attached to an aromatic ring is 1. The molecule has 2 aromatic carbocycles. The second-order valence-electron chi connectivity index (χ2n) is 3.97. The lowest BCUT2D eigenvalue weighted by molar-refractivity contribution is 0.595. The normalized spacial score (nSPS) is 11.3. The average molecular weight is 297 g/mol. The molecule has 0 saturated heterocycles. The van der Waals surface area contributed by atoms with Gasteiger partial charge in [-0.25, -0.2) is 8.42 Å². The van der Waals surface area contributed by atoms with E-state index in [1.165, 1.54) is 19.2 Å². The lowest BCUT2D eigenvalue weighted by Crippen LogP contribution is -2.27. The molecule has 4 nitrogen and oxygen atoms in total. The minimum atomic E-state index is -3.78. The van der Waals surface area contributed by atoms with E-state index < -0.39 is 10.0 Å². The molecule has 0 radical (unpaired) electrons. The van der Waals surface area contributed by atoms with Crippen LogP contribution >= 0.6 is 11.6 Å². The van der Waals surface area contributed by atoms with Crippen LogP contribution in [0.25, 0.3) is 0 Å². The smallest absolute Gasteiger partial charge is 0.267 e. The minimum Gasteiger partial charge on any atom is -0.398 e. The van der Waals surface area contributed by atoms with Crippen LogP contribution in [0.15, 0.2) is 53.4 Å². The summed E-state index contributed by atoms with van der Waals surface area (Å²) < 4.78 is 26.2. The van der Waals surface area contributed by atoms with E-state index in [1.807, 2.05) is 6.07 Å². The molecule has 0 aliphatic rings. The zero-order valence-corrected chi connectivity index (χ0v) is 11.8. The van der Waals surface area contributed by atoms with E-state index in [0.29, 0.717) is 5.69 Å². The minimum absolute atomic E-state index is 0.0666. The van der Waals surface area contributed by atoms with Crippen LogP contribution in [0.3, 0.4) is 0 Å². The molecule has 0 heterocycles. The summed E-state index contributed by atoms with van der Waals surface area (Å²) in [4.78, 5) is -0.0666. The fraction of sp³-hybridized carbons (Fsp3) is 0.0769. The van der Waals surface area contributed by atoms with Gasteiger partial charge in [0.25, 0.3) is 10.0 Å². The molecule has 19 heavy (non-hydrogen) atoms. The highest BCUT2D eigenvalue weighted by atomic mass is 35.5. The monoisotopic (exact) mass is 296 g/mol. The van der Waals surface area contributed by atoms with Crippen molar-refractivity contribution in [2.24, 2.45) is 0 Å². The van der Waals surface area contributed by atoms with Gasteiger partial charge in [-0.2, -0.15) is 0 Å². The molecule has 2 aromatic rings. The first kappa shape index (κ1) is 13.7. The summed E-state index contributed by atoms with van der Waals surface area (Å²) in [6, 6.07) is 13.4. The van der Waals surface area contributed by atoms with Crippen molar-refractivity contribution in [3.63, 3.8) is 0 Å². The van der Waals surface area contributed by atoms with E-state index >= 15 is 0 Å². The molecule has 0 fully saturated rings. The molecule has 0 bridgehead atoms. The summed E-state index contributed by atoms with van der Waals surface area (Å²) in [6.45, 7) is 0. The van der Waals surface area contributed by atoms with Crippen LogP contribution in [0, 0.1) is 0 Å². The van der Waals surface area contributed by atoms with E-state index in [-0.39, 0.29) is 15.6 Å². The Morgan fingerprint density at radius 3 is 2.26 bits per heavy atom. The Hall–Kier alpha value is -1.72. The molecule has 0 aliphatic heterocycles. The number of hydrogen-bond acceptors (Lipinski definition) is 3. The Morgan fingerprint density at radius 2 is 1.68 bits per heavy atom. The van der Waals surface area contributed by atoms with Gasteiger partial charge in [0.05, 0.1) is 16.4 Å². The van der Waals surface area contributed by atoms with Gasteiger partial charge in [0.15, 0.2) is 0 Å². The van der Waals surface area contributed by atoms with E-state index in [2.05, 4.69) is 0 Å². The number of hydrogen-bond donors (Lipinski definition) is 1. The third kappa shape index (κ3) is 2.52. The third-order valence-electron chi connectivity index (χ3n) is 2.74. The van der Waals surface area contributed by atoms with Gasteiger partial charge < -0.3 is 5.73 Å². The first-order valence-electron chi connectivity index (χ1n) is 5.52. The molecule has 0 spiro atoms. The molecule has 0 unspecified atom stereocenters. The molecule has 2 N–H and O–H groups in total. The third-order valence-corrected chi connectivity index (χ3v) is 5.07. The van der Waals surface area contributed by atoms with Gasteiger partial charge in [-0.3, -0.25) is 4.31 Å². The Labute approximate surface area is 117 Å². The molecule has 2 rings (SSSR count). The maximum absolute atomic E-state index is 12.5. The second-order valence-corrected chi connectivity index (χ2v) is 6.28. The Bertz CT molecular complexity index is 667. The van der Waals surface area contributed by atoms with Gasteiger partial charge in [-0.15, -0.1) is 0 Å². The lowest BCUT2D eigenvalue weighted by Gasteiger charge is -2.21. The fourth-order valence-electron chi connectivity index (χ4n) is 1.71. The highest BCUT2D eigenvalue weighted by Crippen LogP contribution is 2.31.